The number of benzene rings is 1. The summed E-state index contributed by atoms with van der Waals surface area (Å²) < 4.78 is 15.2. The smallest absolute Gasteiger partial charge is 0.277 e. The molecular weight excluding hydrogens is 513 g/mol. The molecule has 0 aliphatic carbocycles. The summed E-state index contributed by atoms with van der Waals surface area (Å²) in [5.74, 6) is 0.320. The maximum absolute atomic E-state index is 13.3. The van der Waals surface area contributed by atoms with Crippen LogP contribution in [0.4, 0.5) is 4.39 Å². The Morgan fingerprint density at radius 3 is 2.36 bits per heavy atom. The molecule has 0 saturated carbocycles. The van der Waals surface area contributed by atoms with Crippen molar-refractivity contribution >= 4 is 17.7 Å². The van der Waals surface area contributed by atoms with Gasteiger partial charge >= 0.3 is 0 Å². The van der Waals surface area contributed by atoms with Crippen molar-refractivity contribution in [3.8, 4) is 0 Å². The molecule has 1 aromatic carbocycles. The fourth-order valence-electron chi connectivity index (χ4n) is 4.27. The minimum absolute atomic E-state index is 0.0501. The Labute approximate surface area is 235 Å². The summed E-state index contributed by atoms with van der Waals surface area (Å²) in [6.45, 7) is 3.51. The maximum atomic E-state index is 13.3. The molecule has 0 aliphatic rings. The first-order chi connectivity index (χ1) is 19.0. The van der Waals surface area contributed by atoms with Crippen molar-refractivity contribution in [2.45, 2.75) is 95.0 Å². The van der Waals surface area contributed by atoms with Crippen LogP contribution in [-0.4, -0.2) is 32.0 Å². The van der Waals surface area contributed by atoms with Gasteiger partial charge < -0.3 is 9.88 Å². The molecule has 0 radical (unpaired) electrons. The van der Waals surface area contributed by atoms with Crippen molar-refractivity contribution in [1.29, 1.82) is 0 Å². The highest BCUT2D eigenvalue weighted by molar-refractivity contribution is 7.98. The monoisotopic (exact) mass is 553 g/mol. The normalized spacial score (nSPS) is 11.0. The van der Waals surface area contributed by atoms with Gasteiger partial charge in [-0.1, -0.05) is 75.8 Å². The van der Waals surface area contributed by atoms with Gasteiger partial charge in [0.15, 0.2) is 5.16 Å². The second-order valence-corrected chi connectivity index (χ2v) is 10.8. The van der Waals surface area contributed by atoms with E-state index in [1.54, 1.807) is 24.5 Å². The molecule has 0 unspecified atom stereocenters. The summed E-state index contributed by atoms with van der Waals surface area (Å²) in [6, 6.07) is 6.30. The Kier molecular flexibility index (Phi) is 13.7. The van der Waals surface area contributed by atoms with Crippen molar-refractivity contribution in [2.75, 3.05) is 6.54 Å². The maximum Gasteiger partial charge on any atom is 0.277 e. The highest BCUT2D eigenvalue weighted by Gasteiger charge is 2.12. The Bertz CT molecular complexity index is 1190. The molecule has 3 rings (SSSR count). The number of nitrogens with one attached hydrogen (secondary N) is 1. The van der Waals surface area contributed by atoms with Crippen LogP contribution in [0.1, 0.15) is 87.8 Å². The minimum atomic E-state index is -0.292. The van der Waals surface area contributed by atoms with Crippen LogP contribution in [0.5, 0.6) is 0 Å². The first kappa shape index (κ1) is 30.5. The van der Waals surface area contributed by atoms with Crippen LogP contribution in [0.25, 0.3) is 0 Å². The zero-order valence-corrected chi connectivity index (χ0v) is 23.7. The number of carbonyl (C=O) groups is 1. The zero-order chi connectivity index (χ0) is 27.7. The number of hydrogen-bond acceptors (Lipinski definition) is 6. The topological polar surface area (TPSA) is 89.8 Å². The molecule has 2 heterocycles. The number of thioether (sulfide) groups is 1. The van der Waals surface area contributed by atoms with Gasteiger partial charge in [0.25, 0.3) is 5.56 Å². The van der Waals surface area contributed by atoms with Gasteiger partial charge in [-0.2, -0.15) is 4.98 Å². The van der Waals surface area contributed by atoms with Gasteiger partial charge in [0.05, 0.1) is 0 Å². The first-order valence-electron chi connectivity index (χ1n) is 14.0. The van der Waals surface area contributed by atoms with Gasteiger partial charge in [-0.15, -0.1) is 0 Å². The van der Waals surface area contributed by atoms with Crippen molar-refractivity contribution in [3.63, 3.8) is 0 Å². The molecule has 3 aromatic rings. The molecule has 0 saturated heterocycles. The first-order valence-corrected chi connectivity index (χ1v) is 15.0. The predicted molar refractivity (Wildman–Crippen MR) is 154 cm³/mol. The molecule has 0 bridgehead atoms. The van der Waals surface area contributed by atoms with Crippen LogP contribution in [0.2, 0.25) is 0 Å². The second-order valence-electron chi connectivity index (χ2n) is 9.81. The number of rotatable bonds is 18. The Balaban J connectivity index is 1.52. The number of aromatic nitrogens is 4. The fraction of sp³-hybridized carbons (Fsp3) is 0.500. The SMILES string of the molecule is CCCCCCCCCCNC(=O)CCCn1cc(Cc2cncnc2)c(=O)nc1SCc1ccc(F)cc1. The molecule has 1 amide bonds. The largest absolute Gasteiger partial charge is 0.356 e. The molecule has 0 spiro atoms. The number of amides is 1. The second kappa shape index (κ2) is 17.5. The van der Waals surface area contributed by atoms with Crippen LogP contribution in [-0.2, 0) is 23.5 Å². The molecule has 39 heavy (non-hydrogen) atoms. The molecule has 0 atom stereocenters. The van der Waals surface area contributed by atoms with Crippen LogP contribution in [0, 0.1) is 5.82 Å². The third-order valence-corrected chi connectivity index (χ3v) is 7.54. The molecule has 2 aromatic heterocycles. The molecule has 0 fully saturated rings. The Morgan fingerprint density at radius 2 is 1.64 bits per heavy atom. The average molecular weight is 554 g/mol. The lowest BCUT2D eigenvalue weighted by molar-refractivity contribution is -0.121. The summed E-state index contributed by atoms with van der Waals surface area (Å²) in [6.07, 6.45) is 18.0. The highest BCUT2D eigenvalue weighted by atomic mass is 32.2. The van der Waals surface area contributed by atoms with Gasteiger partial charge in [-0.3, -0.25) is 9.59 Å². The third kappa shape index (κ3) is 11.7. The molecule has 7 nitrogen and oxygen atoms in total. The van der Waals surface area contributed by atoms with E-state index in [0.29, 0.717) is 42.3 Å². The molecule has 1 N–H and O–H groups in total. The highest BCUT2D eigenvalue weighted by Crippen LogP contribution is 2.21. The van der Waals surface area contributed by atoms with E-state index >= 15 is 0 Å². The van der Waals surface area contributed by atoms with Gasteiger partial charge in [0.1, 0.15) is 12.1 Å². The van der Waals surface area contributed by atoms with Crippen LogP contribution in [0.15, 0.2) is 59.1 Å². The zero-order valence-electron chi connectivity index (χ0n) is 22.9. The van der Waals surface area contributed by atoms with Gasteiger partial charge in [0.2, 0.25) is 5.91 Å². The number of nitrogens with zero attached hydrogens (tertiary/aromatic N) is 4. The minimum Gasteiger partial charge on any atom is -0.356 e. The third-order valence-electron chi connectivity index (χ3n) is 6.47. The van der Waals surface area contributed by atoms with E-state index in [1.165, 1.54) is 68.7 Å². The van der Waals surface area contributed by atoms with E-state index in [1.807, 2.05) is 10.8 Å². The Hall–Kier alpha value is -3.07. The standard InChI is InChI=1S/C30H40FN5O2S/c1-2-3-4-5-6-7-8-9-16-34-28(37)11-10-17-36-21-26(18-25-19-32-23-33-20-25)29(38)35-30(36)39-22-24-12-14-27(31)15-13-24/h12-15,19-21,23H,2-11,16-18,22H2,1H3,(H,34,37). The van der Waals surface area contributed by atoms with Crippen LogP contribution in [0.3, 0.4) is 0 Å². The van der Waals surface area contributed by atoms with E-state index in [-0.39, 0.29) is 17.3 Å². The van der Waals surface area contributed by atoms with Crippen molar-refractivity contribution in [3.05, 3.63) is 82.0 Å². The number of halogens is 1. The van der Waals surface area contributed by atoms with E-state index < -0.39 is 0 Å². The van der Waals surface area contributed by atoms with Gasteiger partial charge in [-0.25, -0.2) is 14.4 Å². The quantitative estimate of drug-likeness (QED) is 0.116. The van der Waals surface area contributed by atoms with Crippen molar-refractivity contribution in [2.24, 2.45) is 0 Å². The number of hydrogen-bond donors (Lipinski definition) is 1. The van der Waals surface area contributed by atoms with E-state index in [2.05, 4.69) is 27.2 Å². The number of carbonyl (C=O) groups excluding carboxylic acids is 1. The summed E-state index contributed by atoms with van der Waals surface area (Å²) in [5.41, 5.74) is 2.03. The number of unbranched alkanes of at least 4 members (excludes halogenated alkanes) is 7. The Morgan fingerprint density at radius 1 is 0.949 bits per heavy atom. The van der Waals surface area contributed by atoms with Crippen molar-refractivity contribution < 1.29 is 9.18 Å². The van der Waals surface area contributed by atoms with Gasteiger partial charge in [0, 0.05) is 55.8 Å². The molecule has 0 aliphatic heterocycles. The molecule has 9 heteroatoms. The molecular formula is C30H40FN5O2S. The average Bonchev–Trinajstić information content (AvgIpc) is 2.94. The summed E-state index contributed by atoms with van der Waals surface area (Å²) >= 11 is 1.43. The lowest BCUT2D eigenvalue weighted by atomic mass is 10.1. The molecule has 210 valence electrons. The fourth-order valence-corrected chi connectivity index (χ4v) is 5.22. The van der Waals surface area contributed by atoms with Gasteiger partial charge in [-0.05, 0) is 36.1 Å². The lowest BCUT2D eigenvalue weighted by Gasteiger charge is -2.14. The van der Waals surface area contributed by atoms with Crippen LogP contribution >= 0.6 is 11.8 Å². The van der Waals surface area contributed by atoms with Crippen LogP contribution < -0.4 is 10.9 Å². The summed E-state index contributed by atoms with van der Waals surface area (Å²) in [7, 11) is 0. The number of aryl methyl sites for hydroxylation is 1. The lowest BCUT2D eigenvalue weighted by Crippen LogP contribution is -2.25. The van der Waals surface area contributed by atoms with E-state index in [4.69, 9.17) is 0 Å². The summed E-state index contributed by atoms with van der Waals surface area (Å²) in [5, 5.41) is 3.62. The van der Waals surface area contributed by atoms with E-state index in [9.17, 15) is 14.0 Å². The van der Waals surface area contributed by atoms with E-state index in [0.717, 1.165) is 30.5 Å². The van der Waals surface area contributed by atoms with Crippen molar-refractivity contribution in [1.82, 2.24) is 24.8 Å². The predicted octanol–water partition coefficient (Wildman–Crippen LogP) is 6.09. The summed E-state index contributed by atoms with van der Waals surface area (Å²) in [4.78, 5) is 37.6.